The molecule has 0 atom stereocenters. The first-order chi connectivity index (χ1) is 7.57. The van der Waals surface area contributed by atoms with E-state index in [2.05, 4.69) is 21.2 Å². The van der Waals surface area contributed by atoms with E-state index in [9.17, 15) is 4.79 Å². The SMILES string of the molecule is NC1(CC(=O)Nc2cccc(Br)c2)CCC1. The zero-order chi connectivity index (χ0) is 11.6. The third kappa shape index (κ3) is 2.83. The van der Waals surface area contributed by atoms with Crippen LogP contribution in [0.2, 0.25) is 0 Å². The van der Waals surface area contributed by atoms with Gasteiger partial charge in [0.15, 0.2) is 0 Å². The van der Waals surface area contributed by atoms with Gasteiger partial charge in [-0.15, -0.1) is 0 Å². The molecule has 16 heavy (non-hydrogen) atoms. The van der Waals surface area contributed by atoms with Crippen molar-refractivity contribution >= 4 is 27.5 Å². The minimum absolute atomic E-state index is 0.000278. The van der Waals surface area contributed by atoms with E-state index in [4.69, 9.17) is 5.73 Å². The second-order valence-corrected chi connectivity index (χ2v) is 5.37. The monoisotopic (exact) mass is 282 g/mol. The van der Waals surface area contributed by atoms with Crippen LogP contribution < -0.4 is 11.1 Å². The molecule has 4 heteroatoms. The molecule has 1 aromatic carbocycles. The first-order valence-electron chi connectivity index (χ1n) is 5.42. The summed E-state index contributed by atoms with van der Waals surface area (Å²) >= 11 is 3.36. The van der Waals surface area contributed by atoms with Crippen LogP contribution in [0, 0.1) is 0 Å². The Morgan fingerprint density at radius 3 is 2.81 bits per heavy atom. The molecule has 0 unspecified atom stereocenters. The Morgan fingerprint density at radius 2 is 2.25 bits per heavy atom. The Bertz CT molecular complexity index is 402. The van der Waals surface area contributed by atoms with Crippen LogP contribution in [-0.2, 0) is 4.79 Å². The number of nitrogens with two attached hydrogens (primary N) is 1. The lowest BCUT2D eigenvalue weighted by molar-refractivity contribution is -0.118. The summed E-state index contributed by atoms with van der Waals surface area (Å²) in [6.07, 6.45) is 3.47. The van der Waals surface area contributed by atoms with E-state index >= 15 is 0 Å². The van der Waals surface area contributed by atoms with Crippen LogP contribution in [0.3, 0.4) is 0 Å². The molecule has 1 saturated carbocycles. The largest absolute Gasteiger partial charge is 0.326 e. The van der Waals surface area contributed by atoms with Crippen molar-refractivity contribution in [2.75, 3.05) is 5.32 Å². The molecule has 0 spiro atoms. The quantitative estimate of drug-likeness (QED) is 0.896. The van der Waals surface area contributed by atoms with Crippen molar-refractivity contribution in [2.45, 2.75) is 31.2 Å². The van der Waals surface area contributed by atoms with Crippen LogP contribution in [0.25, 0.3) is 0 Å². The van der Waals surface area contributed by atoms with Crippen molar-refractivity contribution in [3.63, 3.8) is 0 Å². The number of rotatable bonds is 3. The highest BCUT2D eigenvalue weighted by atomic mass is 79.9. The van der Waals surface area contributed by atoms with Crippen LogP contribution >= 0.6 is 15.9 Å². The lowest BCUT2D eigenvalue weighted by Gasteiger charge is -2.37. The van der Waals surface area contributed by atoms with Crippen molar-refractivity contribution in [1.82, 2.24) is 0 Å². The Kier molecular flexibility index (Phi) is 3.30. The van der Waals surface area contributed by atoms with Crippen LogP contribution in [0.4, 0.5) is 5.69 Å². The molecule has 1 aromatic rings. The lowest BCUT2D eigenvalue weighted by Crippen LogP contribution is -2.48. The number of benzene rings is 1. The zero-order valence-corrected chi connectivity index (χ0v) is 10.6. The Balaban J connectivity index is 1.92. The van der Waals surface area contributed by atoms with Gasteiger partial charge in [-0.05, 0) is 37.5 Å². The summed E-state index contributed by atoms with van der Waals surface area (Å²) < 4.78 is 0.955. The summed E-state index contributed by atoms with van der Waals surface area (Å²) in [6.45, 7) is 0. The van der Waals surface area contributed by atoms with Gasteiger partial charge in [0.25, 0.3) is 0 Å². The maximum absolute atomic E-state index is 11.7. The number of nitrogens with one attached hydrogen (secondary N) is 1. The standard InChI is InChI=1S/C12H15BrN2O/c13-9-3-1-4-10(7-9)15-11(16)8-12(14)5-2-6-12/h1,3-4,7H,2,5-6,8,14H2,(H,15,16). The molecular formula is C12H15BrN2O. The Labute approximate surface area is 104 Å². The van der Waals surface area contributed by atoms with Crippen molar-refractivity contribution in [2.24, 2.45) is 5.73 Å². The number of anilines is 1. The normalized spacial score (nSPS) is 17.6. The number of carbonyl (C=O) groups excluding carboxylic acids is 1. The number of carbonyl (C=O) groups is 1. The van der Waals surface area contributed by atoms with E-state index in [0.717, 1.165) is 29.4 Å². The molecule has 2 rings (SSSR count). The van der Waals surface area contributed by atoms with Gasteiger partial charge in [0.05, 0.1) is 0 Å². The number of halogens is 1. The van der Waals surface area contributed by atoms with Crippen molar-refractivity contribution in [3.05, 3.63) is 28.7 Å². The number of amides is 1. The van der Waals surface area contributed by atoms with E-state index in [0.29, 0.717) is 6.42 Å². The predicted octanol–water partition coefficient (Wildman–Crippen LogP) is 2.66. The average molecular weight is 283 g/mol. The minimum atomic E-state index is -0.254. The molecule has 3 nitrogen and oxygen atoms in total. The van der Waals surface area contributed by atoms with E-state index in [-0.39, 0.29) is 11.4 Å². The van der Waals surface area contributed by atoms with Gasteiger partial charge < -0.3 is 11.1 Å². The molecule has 3 N–H and O–H groups in total. The summed E-state index contributed by atoms with van der Waals surface area (Å²) in [5, 5.41) is 2.86. The van der Waals surface area contributed by atoms with E-state index in [1.807, 2.05) is 24.3 Å². The lowest BCUT2D eigenvalue weighted by atomic mass is 9.75. The van der Waals surface area contributed by atoms with Gasteiger partial charge in [-0.1, -0.05) is 22.0 Å². The van der Waals surface area contributed by atoms with Gasteiger partial charge in [0, 0.05) is 22.1 Å². The Hall–Kier alpha value is -0.870. The second-order valence-electron chi connectivity index (χ2n) is 4.45. The molecule has 0 radical (unpaired) electrons. The maximum atomic E-state index is 11.7. The molecule has 1 aliphatic rings. The van der Waals surface area contributed by atoms with Crippen LogP contribution in [-0.4, -0.2) is 11.4 Å². The fourth-order valence-electron chi connectivity index (χ4n) is 1.90. The molecule has 1 fully saturated rings. The molecule has 1 aliphatic carbocycles. The molecule has 1 amide bonds. The molecule has 0 heterocycles. The summed E-state index contributed by atoms with van der Waals surface area (Å²) in [7, 11) is 0. The minimum Gasteiger partial charge on any atom is -0.326 e. The van der Waals surface area contributed by atoms with Gasteiger partial charge in [-0.25, -0.2) is 0 Å². The van der Waals surface area contributed by atoms with Crippen molar-refractivity contribution in [1.29, 1.82) is 0 Å². The average Bonchev–Trinajstić information content (AvgIpc) is 2.15. The summed E-state index contributed by atoms with van der Waals surface area (Å²) in [4.78, 5) is 11.7. The Morgan fingerprint density at radius 1 is 1.50 bits per heavy atom. The van der Waals surface area contributed by atoms with E-state index in [1.54, 1.807) is 0 Å². The van der Waals surface area contributed by atoms with Crippen LogP contribution in [0.15, 0.2) is 28.7 Å². The number of hydrogen-bond donors (Lipinski definition) is 2. The summed E-state index contributed by atoms with van der Waals surface area (Å²) in [6, 6.07) is 7.56. The molecule has 0 bridgehead atoms. The van der Waals surface area contributed by atoms with Crippen molar-refractivity contribution in [3.8, 4) is 0 Å². The third-order valence-electron chi connectivity index (χ3n) is 2.97. The fraction of sp³-hybridized carbons (Fsp3) is 0.417. The van der Waals surface area contributed by atoms with Gasteiger partial charge >= 0.3 is 0 Å². The highest BCUT2D eigenvalue weighted by molar-refractivity contribution is 9.10. The summed E-state index contributed by atoms with van der Waals surface area (Å²) in [5.74, 6) is 0.000278. The second kappa shape index (κ2) is 4.55. The third-order valence-corrected chi connectivity index (χ3v) is 3.46. The highest BCUT2D eigenvalue weighted by Gasteiger charge is 2.34. The van der Waals surface area contributed by atoms with Crippen LogP contribution in [0.5, 0.6) is 0 Å². The van der Waals surface area contributed by atoms with Gasteiger partial charge in [0.2, 0.25) is 5.91 Å². The molecular weight excluding hydrogens is 268 g/mol. The smallest absolute Gasteiger partial charge is 0.226 e. The number of hydrogen-bond acceptors (Lipinski definition) is 2. The molecule has 0 aromatic heterocycles. The zero-order valence-electron chi connectivity index (χ0n) is 9.00. The summed E-state index contributed by atoms with van der Waals surface area (Å²) in [5.41, 5.74) is 6.57. The molecule has 0 saturated heterocycles. The molecule has 0 aliphatic heterocycles. The fourth-order valence-corrected chi connectivity index (χ4v) is 2.30. The van der Waals surface area contributed by atoms with Gasteiger partial charge in [-0.3, -0.25) is 4.79 Å². The van der Waals surface area contributed by atoms with Crippen molar-refractivity contribution < 1.29 is 4.79 Å². The predicted molar refractivity (Wildman–Crippen MR) is 68.2 cm³/mol. The highest BCUT2D eigenvalue weighted by Crippen LogP contribution is 2.32. The first-order valence-corrected chi connectivity index (χ1v) is 6.21. The molecule has 86 valence electrons. The maximum Gasteiger partial charge on any atom is 0.226 e. The first kappa shape index (κ1) is 11.6. The van der Waals surface area contributed by atoms with E-state index in [1.165, 1.54) is 0 Å². The van der Waals surface area contributed by atoms with Crippen LogP contribution in [0.1, 0.15) is 25.7 Å². The van der Waals surface area contributed by atoms with E-state index < -0.39 is 0 Å². The van der Waals surface area contributed by atoms with Gasteiger partial charge in [-0.2, -0.15) is 0 Å². The van der Waals surface area contributed by atoms with Gasteiger partial charge in [0.1, 0.15) is 0 Å². The topological polar surface area (TPSA) is 55.1 Å².